The summed E-state index contributed by atoms with van der Waals surface area (Å²) in [5.41, 5.74) is 5.78. The van der Waals surface area contributed by atoms with Gasteiger partial charge >= 0.3 is 0 Å². The summed E-state index contributed by atoms with van der Waals surface area (Å²) in [4.78, 5) is 39.6. The molecule has 0 saturated carbocycles. The number of para-hydroxylation sites is 1. The molecule has 2 rings (SSSR count). The van der Waals surface area contributed by atoms with E-state index < -0.39 is 17.7 Å². The van der Waals surface area contributed by atoms with Crippen molar-refractivity contribution in [3.05, 3.63) is 48.5 Å². The number of rotatable bonds is 10. The summed E-state index contributed by atoms with van der Waals surface area (Å²) in [6, 6.07) is 6.92. The quantitative estimate of drug-likeness (QED) is 0.248. The normalized spacial score (nSPS) is 11.5. The number of amides is 3. The van der Waals surface area contributed by atoms with Crippen LogP contribution in [0.1, 0.15) is 43.0 Å². The maximum Gasteiger partial charge on any atom is 0.271 e. The van der Waals surface area contributed by atoms with Crippen molar-refractivity contribution in [2.45, 2.75) is 32.6 Å². The lowest BCUT2D eigenvalue weighted by atomic mass is 10.0. The van der Waals surface area contributed by atoms with Crippen LogP contribution in [0.5, 0.6) is 0 Å². The molecule has 1 aromatic carbocycles. The second-order valence-corrected chi connectivity index (χ2v) is 6.35. The van der Waals surface area contributed by atoms with E-state index in [-0.39, 0.29) is 13.0 Å². The molecule has 0 fully saturated rings. The van der Waals surface area contributed by atoms with Gasteiger partial charge in [-0.3, -0.25) is 30.4 Å². The molecule has 0 aliphatic heterocycles. The highest BCUT2D eigenvalue weighted by molar-refractivity contribution is 5.98. The molecule has 0 spiro atoms. The van der Waals surface area contributed by atoms with Crippen LogP contribution in [0.25, 0.3) is 5.69 Å². The standard InChI is InChI=1S/C19H25N5O4/c1-2-3-4-7-15(12-24(28)14-25)18(26)21-22-19(27)16-8-5-6-9-17(16)23-11-10-20-13-23/h5-6,8-11,13-15,28H,2-4,7,12H2,1H3,(H,21,26)(H,22,27). The van der Waals surface area contributed by atoms with Gasteiger partial charge in [0.1, 0.15) is 0 Å². The number of imidazole rings is 1. The zero-order chi connectivity index (χ0) is 20.4. The molecular formula is C19H25N5O4. The molecule has 0 bridgehead atoms. The lowest BCUT2D eigenvalue weighted by Gasteiger charge is -2.20. The van der Waals surface area contributed by atoms with Gasteiger partial charge in [-0.05, 0) is 18.6 Å². The smallest absolute Gasteiger partial charge is 0.271 e. The van der Waals surface area contributed by atoms with Gasteiger partial charge in [0.25, 0.3) is 5.91 Å². The van der Waals surface area contributed by atoms with E-state index in [1.807, 2.05) is 6.92 Å². The van der Waals surface area contributed by atoms with Gasteiger partial charge in [-0.15, -0.1) is 0 Å². The van der Waals surface area contributed by atoms with Crippen LogP contribution in [0.3, 0.4) is 0 Å². The lowest BCUT2D eigenvalue weighted by molar-refractivity contribution is -0.154. The SMILES string of the molecule is CCCCCC(CN(O)C=O)C(=O)NNC(=O)c1ccccc1-n1ccnc1. The van der Waals surface area contributed by atoms with Crippen LogP contribution >= 0.6 is 0 Å². The van der Waals surface area contributed by atoms with E-state index >= 15 is 0 Å². The average Bonchev–Trinajstić information content (AvgIpc) is 3.25. The molecule has 0 aliphatic rings. The maximum absolute atomic E-state index is 12.6. The van der Waals surface area contributed by atoms with Gasteiger partial charge in [-0.2, -0.15) is 0 Å². The van der Waals surface area contributed by atoms with Gasteiger partial charge < -0.3 is 4.57 Å². The Balaban J connectivity index is 2.02. The van der Waals surface area contributed by atoms with Gasteiger partial charge in [0.05, 0.1) is 30.0 Å². The Morgan fingerprint density at radius 3 is 2.75 bits per heavy atom. The van der Waals surface area contributed by atoms with Crippen LogP contribution < -0.4 is 10.9 Å². The number of hydroxylamine groups is 2. The van der Waals surface area contributed by atoms with E-state index in [1.165, 1.54) is 0 Å². The van der Waals surface area contributed by atoms with Crippen LogP contribution in [0.2, 0.25) is 0 Å². The van der Waals surface area contributed by atoms with E-state index in [0.717, 1.165) is 19.3 Å². The van der Waals surface area contributed by atoms with Crippen molar-refractivity contribution in [1.29, 1.82) is 0 Å². The van der Waals surface area contributed by atoms with Crippen LogP contribution in [0, 0.1) is 5.92 Å². The fraction of sp³-hybridized carbons (Fsp3) is 0.368. The van der Waals surface area contributed by atoms with E-state index in [2.05, 4.69) is 15.8 Å². The maximum atomic E-state index is 12.6. The fourth-order valence-electron chi connectivity index (χ4n) is 2.80. The number of hydrogen-bond donors (Lipinski definition) is 3. The van der Waals surface area contributed by atoms with E-state index in [9.17, 15) is 19.6 Å². The molecule has 1 heterocycles. The van der Waals surface area contributed by atoms with Crippen molar-refractivity contribution in [3.63, 3.8) is 0 Å². The van der Waals surface area contributed by atoms with Crippen molar-refractivity contribution in [2.75, 3.05) is 6.54 Å². The van der Waals surface area contributed by atoms with Crippen LogP contribution in [-0.2, 0) is 9.59 Å². The minimum Gasteiger partial charge on any atom is -0.306 e. The number of nitrogens with zero attached hydrogens (tertiary/aromatic N) is 3. The largest absolute Gasteiger partial charge is 0.306 e. The Labute approximate surface area is 163 Å². The van der Waals surface area contributed by atoms with Gasteiger partial charge in [-0.25, -0.2) is 10.0 Å². The molecule has 3 amide bonds. The second kappa shape index (κ2) is 10.8. The minimum absolute atomic E-state index is 0.138. The molecule has 0 radical (unpaired) electrons. The van der Waals surface area contributed by atoms with Gasteiger partial charge in [0, 0.05) is 12.4 Å². The molecule has 9 nitrogen and oxygen atoms in total. The Bertz CT molecular complexity index is 778. The summed E-state index contributed by atoms with van der Waals surface area (Å²) < 4.78 is 1.69. The zero-order valence-corrected chi connectivity index (χ0v) is 15.7. The van der Waals surface area contributed by atoms with Crippen molar-refractivity contribution < 1.29 is 19.6 Å². The topological polar surface area (TPSA) is 117 Å². The lowest BCUT2D eigenvalue weighted by Crippen LogP contribution is -2.47. The highest BCUT2D eigenvalue weighted by Gasteiger charge is 2.22. The highest BCUT2D eigenvalue weighted by atomic mass is 16.5. The molecule has 0 aliphatic carbocycles. The Hall–Kier alpha value is -3.20. The summed E-state index contributed by atoms with van der Waals surface area (Å²) in [5.74, 6) is -1.59. The Morgan fingerprint density at radius 1 is 1.29 bits per heavy atom. The van der Waals surface area contributed by atoms with Gasteiger partial charge in [0.15, 0.2) is 0 Å². The molecule has 1 aromatic heterocycles. The molecule has 28 heavy (non-hydrogen) atoms. The molecule has 2 aromatic rings. The number of aromatic nitrogens is 2. The summed E-state index contributed by atoms with van der Waals surface area (Å²) in [7, 11) is 0. The number of nitrogens with one attached hydrogen (secondary N) is 2. The first-order valence-electron chi connectivity index (χ1n) is 9.15. The predicted octanol–water partition coefficient (Wildman–Crippen LogP) is 1.68. The average molecular weight is 387 g/mol. The first kappa shape index (κ1) is 21.1. The number of carbonyl (C=O) groups is 3. The van der Waals surface area contributed by atoms with Gasteiger partial charge in [-0.1, -0.05) is 38.3 Å². The van der Waals surface area contributed by atoms with E-state index in [1.54, 1.807) is 47.6 Å². The molecule has 9 heteroatoms. The van der Waals surface area contributed by atoms with Crippen molar-refractivity contribution in [1.82, 2.24) is 25.5 Å². The fourth-order valence-corrected chi connectivity index (χ4v) is 2.80. The summed E-state index contributed by atoms with van der Waals surface area (Å²) in [5, 5.41) is 9.86. The van der Waals surface area contributed by atoms with Crippen LogP contribution in [0.15, 0.2) is 43.0 Å². The predicted molar refractivity (Wildman–Crippen MR) is 101 cm³/mol. The molecule has 3 N–H and O–H groups in total. The molecular weight excluding hydrogens is 362 g/mol. The number of hydrogen-bond acceptors (Lipinski definition) is 5. The third-order valence-corrected chi connectivity index (χ3v) is 4.29. The summed E-state index contributed by atoms with van der Waals surface area (Å²) >= 11 is 0. The number of hydrazine groups is 1. The van der Waals surface area contributed by atoms with Crippen LogP contribution in [-0.4, -0.2) is 44.6 Å². The third-order valence-electron chi connectivity index (χ3n) is 4.29. The second-order valence-electron chi connectivity index (χ2n) is 6.35. The highest BCUT2D eigenvalue weighted by Crippen LogP contribution is 2.14. The number of carbonyl (C=O) groups excluding carboxylic acids is 3. The van der Waals surface area contributed by atoms with Crippen molar-refractivity contribution in [2.24, 2.45) is 5.92 Å². The first-order chi connectivity index (χ1) is 13.6. The minimum atomic E-state index is -0.633. The number of benzene rings is 1. The van der Waals surface area contributed by atoms with Gasteiger partial charge in [0.2, 0.25) is 12.3 Å². The monoisotopic (exact) mass is 387 g/mol. The molecule has 150 valence electrons. The Kier molecular flexibility index (Phi) is 8.16. The van der Waals surface area contributed by atoms with E-state index in [0.29, 0.717) is 22.7 Å². The molecule has 0 saturated heterocycles. The van der Waals surface area contributed by atoms with Crippen molar-refractivity contribution in [3.8, 4) is 5.69 Å². The summed E-state index contributed by atoms with van der Waals surface area (Å²) in [6.07, 6.45) is 8.32. The first-order valence-corrected chi connectivity index (χ1v) is 9.15. The molecule has 1 unspecified atom stereocenters. The van der Waals surface area contributed by atoms with Crippen LogP contribution in [0.4, 0.5) is 0 Å². The summed E-state index contributed by atoms with van der Waals surface area (Å²) in [6.45, 7) is 1.90. The third kappa shape index (κ3) is 5.92. The number of unbranched alkanes of at least 4 members (excludes halogenated alkanes) is 2. The zero-order valence-electron chi connectivity index (χ0n) is 15.7. The molecule has 1 atom stereocenters. The van der Waals surface area contributed by atoms with Crippen molar-refractivity contribution >= 4 is 18.2 Å². The van der Waals surface area contributed by atoms with E-state index in [4.69, 9.17) is 0 Å². The Morgan fingerprint density at radius 2 is 2.07 bits per heavy atom.